The molecular formula is C28H35N9O4S2. The summed E-state index contributed by atoms with van der Waals surface area (Å²) >= 11 is 0.925. The average molecular weight is 626 g/mol. The zero-order chi connectivity index (χ0) is 30.7. The van der Waals surface area contributed by atoms with Crippen molar-refractivity contribution < 1.29 is 17.9 Å². The first-order valence-corrected chi connectivity index (χ1v) is 16.0. The summed E-state index contributed by atoms with van der Waals surface area (Å²) in [6, 6.07) is 10.1. The molecule has 0 radical (unpaired) electrons. The third-order valence-electron chi connectivity index (χ3n) is 7.15. The van der Waals surface area contributed by atoms with E-state index in [1.165, 1.54) is 11.4 Å². The molecule has 228 valence electrons. The molecule has 3 aromatic heterocycles. The zero-order valence-electron chi connectivity index (χ0n) is 24.7. The molecule has 1 amide bonds. The number of nitrogens with one attached hydrogen (secondary N) is 2. The first-order valence-electron chi connectivity index (χ1n) is 13.8. The Bertz CT molecular complexity index is 1700. The second kappa shape index (κ2) is 12.8. The summed E-state index contributed by atoms with van der Waals surface area (Å²) in [4.78, 5) is 33.6. The lowest BCUT2D eigenvalue weighted by atomic mass is 10.0. The van der Waals surface area contributed by atoms with E-state index >= 15 is 0 Å². The molecule has 1 aromatic carbocycles. The molecule has 1 atom stereocenters. The maximum atomic E-state index is 13.3. The number of anilines is 3. The van der Waals surface area contributed by atoms with Crippen LogP contribution in [0.3, 0.4) is 0 Å². The largest absolute Gasteiger partial charge is 0.453 e. The third-order valence-corrected chi connectivity index (χ3v) is 10.7. The molecule has 0 bridgehead atoms. The summed E-state index contributed by atoms with van der Waals surface area (Å²) in [5.41, 5.74) is 3.15. The van der Waals surface area contributed by atoms with Crippen molar-refractivity contribution in [2.75, 3.05) is 69.5 Å². The lowest BCUT2D eigenvalue weighted by Gasteiger charge is -2.35. The molecule has 1 saturated heterocycles. The number of amides is 1. The topological polar surface area (TPSA) is 146 Å². The van der Waals surface area contributed by atoms with E-state index in [9.17, 15) is 13.2 Å². The summed E-state index contributed by atoms with van der Waals surface area (Å²) in [5.74, 6) is 1.63. The normalized spacial score (nSPS) is 15.3. The van der Waals surface area contributed by atoms with Gasteiger partial charge in [0.05, 0.1) is 18.3 Å². The van der Waals surface area contributed by atoms with Gasteiger partial charge in [0, 0.05) is 75.6 Å². The molecule has 0 spiro atoms. The first kappa shape index (κ1) is 30.5. The SMILES string of the molecule is COC(=O)Nc1nc(C)c(S(=O)(=O)N2CCN(CC(C)Nc3ncnc4c(-c5ccc(N(C)C)nc5)cccc34)CC2)s1. The fourth-order valence-electron chi connectivity index (χ4n) is 5.00. The number of carbonyl (C=O) groups is 1. The Morgan fingerprint density at radius 1 is 1.12 bits per heavy atom. The van der Waals surface area contributed by atoms with Crippen LogP contribution in [0.5, 0.6) is 0 Å². The van der Waals surface area contributed by atoms with Crippen LogP contribution >= 0.6 is 11.3 Å². The van der Waals surface area contributed by atoms with Crippen LogP contribution < -0.4 is 15.5 Å². The minimum atomic E-state index is -3.74. The monoisotopic (exact) mass is 625 g/mol. The number of benzene rings is 1. The number of aryl methyl sites for hydroxylation is 1. The molecule has 1 aliphatic heterocycles. The molecule has 4 heterocycles. The van der Waals surface area contributed by atoms with Crippen LogP contribution in [-0.4, -0.2) is 104 Å². The smallest absolute Gasteiger partial charge is 0.413 e. The summed E-state index contributed by atoms with van der Waals surface area (Å²) < 4.78 is 32.9. The highest BCUT2D eigenvalue weighted by atomic mass is 32.2. The molecular weight excluding hydrogens is 591 g/mol. The van der Waals surface area contributed by atoms with Crippen molar-refractivity contribution in [3.8, 4) is 11.1 Å². The number of piperazine rings is 1. The highest BCUT2D eigenvalue weighted by Crippen LogP contribution is 2.32. The molecule has 1 fully saturated rings. The van der Waals surface area contributed by atoms with Crippen LogP contribution in [0, 0.1) is 6.92 Å². The van der Waals surface area contributed by atoms with Gasteiger partial charge < -0.3 is 15.0 Å². The van der Waals surface area contributed by atoms with Crippen molar-refractivity contribution in [1.82, 2.24) is 29.1 Å². The molecule has 0 aliphatic carbocycles. The minimum Gasteiger partial charge on any atom is -0.453 e. The van der Waals surface area contributed by atoms with E-state index < -0.39 is 16.1 Å². The summed E-state index contributed by atoms with van der Waals surface area (Å²) in [6.07, 6.45) is 2.73. The second-order valence-electron chi connectivity index (χ2n) is 10.5. The van der Waals surface area contributed by atoms with Gasteiger partial charge in [0.2, 0.25) is 0 Å². The van der Waals surface area contributed by atoms with Crippen molar-refractivity contribution in [1.29, 1.82) is 0 Å². The van der Waals surface area contributed by atoms with Crippen LogP contribution in [0.15, 0.2) is 47.1 Å². The van der Waals surface area contributed by atoms with Gasteiger partial charge in [0.15, 0.2) is 9.34 Å². The van der Waals surface area contributed by atoms with Gasteiger partial charge in [-0.1, -0.05) is 23.5 Å². The number of methoxy groups -OCH3 is 1. The standard InChI is InChI=1S/C28H35N9O4S2/c1-18(16-36-11-13-37(14-12-36)43(39,40)26-19(2)33-27(42-26)34-28(38)41-5)32-25-22-8-6-7-21(24(22)30-17-31-25)20-9-10-23(29-15-20)35(3)4/h6-10,15,17-18H,11-14,16H2,1-5H3,(H,30,31,32)(H,33,34,38). The molecule has 15 heteroatoms. The molecule has 1 unspecified atom stereocenters. The Hall–Kier alpha value is -3.92. The quantitative estimate of drug-likeness (QED) is 0.282. The van der Waals surface area contributed by atoms with Gasteiger partial charge in [-0.3, -0.25) is 10.2 Å². The number of pyridine rings is 1. The van der Waals surface area contributed by atoms with Crippen LogP contribution in [0.1, 0.15) is 12.6 Å². The lowest BCUT2D eigenvalue weighted by molar-refractivity contribution is 0.184. The van der Waals surface area contributed by atoms with Crippen LogP contribution in [0.2, 0.25) is 0 Å². The third kappa shape index (κ3) is 6.69. The van der Waals surface area contributed by atoms with E-state index in [1.54, 1.807) is 13.3 Å². The van der Waals surface area contributed by atoms with Crippen molar-refractivity contribution in [3.05, 3.63) is 48.5 Å². The van der Waals surface area contributed by atoms with Gasteiger partial charge in [-0.05, 0) is 32.0 Å². The molecule has 5 rings (SSSR count). The van der Waals surface area contributed by atoms with Crippen LogP contribution in [-0.2, 0) is 14.8 Å². The summed E-state index contributed by atoms with van der Waals surface area (Å²) in [7, 11) is 1.41. The van der Waals surface area contributed by atoms with Gasteiger partial charge in [-0.25, -0.2) is 33.1 Å². The maximum Gasteiger partial charge on any atom is 0.413 e. The number of rotatable bonds is 9. The maximum absolute atomic E-state index is 13.3. The van der Waals surface area contributed by atoms with E-state index in [1.807, 2.05) is 55.5 Å². The summed E-state index contributed by atoms with van der Waals surface area (Å²) in [6.45, 7) is 6.29. The molecule has 1 aliphatic rings. The predicted molar refractivity (Wildman–Crippen MR) is 168 cm³/mol. The number of fused-ring (bicyclic) bond motifs is 1. The zero-order valence-corrected chi connectivity index (χ0v) is 26.4. The van der Waals surface area contributed by atoms with Crippen LogP contribution in [0.25, 0.3) is 22.0 Å². The van der Waals surface area contributed by atoms with Gasteiger partial charge in [-0.15, -0.1) is 0 Å². The van der Waals surface area contributed by atoms with E-state index in [0.717, 1.165) is 45.0 Å². The number of para-hydroxylation sites is 1. The van der Waals surface area contributed by atoms with Crippen molar-refractivity contribution in [2.45, 2.75) is 24.1 Å². The first-order chi connectivity index (χ1) is 20.6. The second-order valence-corrected chi connectivity index (χ2v) is 13.6. The Morgan fingerprint density at radius 2 is 1.88 bits per heavy atom. The Balaban J connectivity index is 1.22. The van der Waals surface area contributed by atoms with Gasteiger partial charge in [-0.2, -0.15) is 4.31 Å². The van der Waals surface area contributed by atoms with E-state index in [-0.39, 0.29) is 15.4 Å². The Kier molecular flexibility index (Phi) is 9.05. The number of thiazole rings is 1. The van der Waals surface area contributed by atoms with Gasteiger partial charge in [0.25, 0.3) is 10.0 Å². The number of sulfonamides is 1. The molecule has 43 heavy (non-hydrogen) atoms. The van der Waals surface area contributed by atoms with Crippen molar-refractivity contribution >= 4 is 55.1 Å². The van der Waals surface area contributed by atoms with Gasteiger partial charge >= 0.3 is 6.09 Å². The lowest BCUT2D eigenvalue weighted by Crippen LogP contribution is -2.50. The number of hydrogen-bond acceptors (Lipinski definition) is 12. The number of carbonyl (C=O) groups excluding carboxylic acids is 1. The summed E-state index contributed by atoms with van der Waals surface area (Å²) in [5, 5.41) is 7.08. The van der Waals surface area contributed by atoms with E-state index in [0.29, 0.717) is 38.4 Å². The number of nitrogens with zero attached hydrogens (tertiary/aromatic N) is 7. The van der Waals surface area contributed by atoms with Crippen molar-refractivity contribution in [3.63, 3.8) is 0 Å². The molecule has 13 nitrogen and oxygen atoms in total. The van der Waals surface area contributed by atoms with Crippen LogP contribution in [0.4, 0.5) is 21.6 Å². The van der Waals surface area contributed by atoms with Crippen molar-refractivity contribution in [2.24, 2.45) is 0 Å². The molecule has 2 N–H and O–H groups in total. The number of aromatic nitrogens is 4. The highest BCUT2D eigenvalue weighted by molar-refractivity contribution is 7.91. The predicted octanol–water partition coefficient (Wildman–Crippen LogP) is 3.51. The fraction of sp³-hybridized carbons (Fsp3) is 0.393. The number of hydrogen-bond donors (Lipinski definition) is 2. The Morgan fingerprint density at radius 3 is 2.56 bits per heavy atom. The van der Waals surface area contributed by atoms with E-state index in [4.69, 9.17) is 0 Å². The molecule has 0 saturated carbocycles. The fourth-order valence-corrected chi connectivity index (χ4v) is 7.95. The molecule has 4 aromatic rings. The minimum absolute atomic E-state index is 0.0432. The van der Waals surface area contributed by atoms with E-state index in [2.05, 4.69) is 47.1 Å². The van der Waals surface area contributed by atoms with Gasteiger partial charge in [0.1, 0.15) is 18.0 Å². The highest BCUT2D eigenvalue weighted by Gasteiger charge is 2.32. The Labute approximate surface area is 255 Å². The number of ether oxygens (including phenoxy) is 1. The average Bonchev–Trinajstić information content (AvgIpc) is 3.37.